The summed E-state index contributed by atoms with van der Waals surface area (Å²) in [6.07, 6.45) is 2.99. The van der Waals surface area contributed by atoms with Crippen LogP contribution in [0.15, 0.2) is 54.1 Å². The molecule has 275 valence electrons. The van der Waals surface area contributed by atoms with E-state index in [1.807, 2.05) is 18.2 Å². The Hall–Kier alpha value is -3.10. The normalized spacial score (nSPS) is 15.5. The van der Waals surface area contributed by atoms with E-state index in [1.54, 1.807) is 25.7 Å². The smallest absolute Gasteiger partial charge is 0.264 e. The molecule has 3 amide bonds. The van der Waals surface area contributed by atoms with E-state index in [2.05, 4.69) is 10.6 Å². The molecule has 2 N–H and O–H groups in total. The molecule has 1 heterocycles. The van der Waals surface area contributed by atoms with Crippen molar-refractivity contribution in [2.75, 3.05) is 99.4 Å². The van der Waals surface area contributed by atoms with Crippen LogP contribution in [0.25, 0.3) is 6.08 Å². The van der Waals surface area contributed by atoms with Gasteiger partial charge in [-0.3, -0.25) is 9.59 Å². The van der Waals surface area contributed by atoms with E-state index < -0.39 is 17.6 Å². The van der Waals surface area contributed by atoms with Gasteiger partial charge in [-0.2, -0.15) is 11.7 Å². The van der Waals surface area contributed by atoms with Crippen LogP contribution in [-0.2, 0) is 38.1 Å². The summed E-state index contributed by atoms with van der Waals surface area (Å²) in [4.78, 5) is 38.2. The maximum absolute atomic E-state index is 13.4. The van der Waals surface area contributed by atoms with Crippen LogP contribution in [0, 0.1) is 61.7 Å². The third-order valence-corrected chi connectivity index (χ3v) is 7.50. The number of carbonyl (C=O) groups is 2. The number of hydrogen-bond donors (Lipinski definition) is 2. The first-order valence-corrected chi connectivity index (χ1v) is 16.0. The van der Waals surface area contributed by atoms with Crippen LogP contribution in [0.4, 0.5) is 4.39 Å². The molecule has 1 aliphatic rings. The number of ether oxygens (including phenoxy) is 6. The van der Waals surface area contributed by atoms with Crippen LogP contribution >= 0.6 is 0 Å². The molecule has 50 heavy (non-hydrogen) atoms. The second kappa shape index (κ2) is 25.8. The summed E-state index contributed by atoms with van der Waals surface area (Å²) in [5.74, 6) is -1.33. The molecule has 2 aromatic carbocycles. The van der Waals surface area contributed by atoms with Gasteiger partial charge in [0.2, 0.25) is 5.91 Å². The topological polar surface area (TPSA) is 158 Å². The molecule has 1 saturated heterocycles. The molecule has 0 bridgehead atoms. The van der Waals surface area contributed by atoms with Crippen molar-refractivity contribution in [3.63, 3.8) is 0 Å². The number of rotatable bonds is 24. The molecule has 2 atom stereocenters. The van der Waals surface area contributed by atoms with Gasteiger partial charge in [-0.15, -0.1) is 0 Å². The van der Waals surface area contributed by atoms with Crippen LogP contribution in [-0.4, -0.2) is 122 Å². The quantitative estimate of drug-likeness (QED) is 0.0526. The molecule has 2 aromatic rings. The number of carbonyl (C=O) groups excluding carboxylic acids is 3. The molecule has 3 rings (SSSR count). The Morgan fingerprint density at radius 2 is 1.40 bits per heavy atom. The average molecular weight is 843 g/mol. The number of nitrogens with zero attached hydrogens (tertiary/aromatic N) is 2. The first-order chi connectivity index (χ1) is 24.0. The van der Waals surface area contributed by atoms with E-state index in [9.17, 15) is 24.0 Å². The van der Waals surface area contributed by atoms with Crippen molar-refractivity contribution >= 4 is 24.3 Å². The Balaban J connectivity index is 0.00000867. The average Bonchev–Trinajstić information content (AvgIpc) is 3.58. The minimum atomic E-state index is -0.555. The molecule has 0 saturated carbocycles. The maximum atomic E-state index is 13.4. The summed E-state index contributed by atoms with van der Waals surface area (Å²) < 4.78 is 45.8. The molecule has 0 aromatic heterocycles. The summed E-state index contributed by atoms with van der Waals surface area (Å²) in [5.41, 5.74) is 1.29. The van der Waals surface area contributed by atoms with Crippen LogP contribution in [0.5, 0.6) is 5.75 Å². The van der Waals surface area contributed by atoms with Gasteiger partial charge in [0.25, 0.3) is 5.91 Å². The molecular formula is C35H44FN4O9Tb-. The predicted molar refractivity (Wildman–Crippen MR) is 177 cm³/mol. The molecule has 0 unspecified atom stereocenters. The summed E-state index contributed by atoms with van der Waals surface area (Å²) >= 11 is 0. The molecule has 13 nitrogen and oxygen atoms in total. The number of likely N-dealkylation sites (tertiary alicyclic amines) is 1. The van der Waals surface area contributed by atoms with Gasteiger partial charge in [0.1, 0.15) is 23.2 Å². The molecule has 0 aliphatic carbocycles. The number of benzene rings is 2. The molecular weight excluding hydrogens is 798 g/mol. The molecule has 1 aliphatic heterocycles. The first kappa shape index (κ1) is 43.1. The van der Waals surface area contributed by atoms with Crippen molar-refractivity contribution < 1.29 is 85.8 Å². The van der Waals surface area contributed by atoms with Gasteiger partial charge in [0, 0.05) is 70.7 Å². The van der Waals surface area contributed by atoms with Crippen LogP contribution in [0.1, 0.15) is 17.0 Å². The van der Waals surface area contributed by atoms with Gasteiger partial charge < -0.3 is 48.7 Å². The van der Waals surface area contributed by atoms with E-state index in [1.165, 1.54) is 35.2 Å². The second-order valence-electron chi connectivity index (χ2n) is 10.8. The monoisotopic (exact) mass is 842 g/mol. The van der Waals surface area contributed by atoms with Gasteiger partial charge in [0.05, 0.1) is 79.1 Å². The summed E-state index contributed by atoms with van der Waals surface area (Å²) in [5, 5.41) is 15.0. The van der Waals surface area contributed by atoms with Gasteiger partial charge in [0.15, 0.2) is 0 Å². The number of nitrogens with one attached hydrogen (secondary N) is 2. The largest absolute Gasteiger partial charge is 0.528 e. The van der Waals surface area contributed by atoms with Crippen LogP contribution in [0.3, 0.4) is 0 Å². The van der Waals surface area contributed by atoms with E-state index >= 15 is 0 Å². The Kier molecular flexibility index (Phi) is 22.2. The molecule has 1 radical (unpaired) electrons. The second-order valence-corrected chi connectivity index (χ2v) is 10.8. The van der Waals surface area contributed by atoms with E-state index in [0.717, 1.165) is 5.56 Å². The number of nitriles is 1. The molecule has 0 spiro atoms. The molecule has 1 fully saturated rings. The predicted octanol–water partition coefficient (Wildman–Crippen LogP) is 1.84. The summed E-state index contributed by atoms with van der Waals surface area (Å²) in [6.45, 7) is 5.01. The van der Waals surface area contributed by atoms with Gasteiger partial charge in [-0.25, -0.2) is 4.39 Å². The third kappa shape index (κ3) is 15.8. The minimum Gasteiger partial charge on any atom is -0.528 e. The van der Waals surface area contributed by atoms with Crippen molar-refractivity contribution in [3.05, 3.63) is 71.0 Å². The number of methoxy groups -OCH3 is 1. The Labute approximate surface area is 323 Å². The number of hydrogen-bond acceptors (Lipinski definition) is 10. The van der Waals surface area contributed by atoms with Crippen molar-refractivity contribution in [1.82, 2.24) is 15.5 Å². The van der Waals surface area contributed by atoms with Gasteiger partial charge in [-0.1, -0.05) is 24.3 Å². The summed E-state index contributed by atoms with van der Waals surface area (Å²) in [6, 6.07) is 14.8. The first-order valence-electron chi connectivity index (χ1n) is 16.0. The SMILES string of the molecule is COc1ccc([C@@H]2CN(C(=O)/C(C#N)=C/c3ccc(F)cc3)C[C@H]2C(=O)NCCOCCOCCOCCOCCOCCN[C-]=O)cc1.[Tb]. The van der Waals surface area contributed by atoms with Crippen molar-refractivity contribution in [2.45, 2.75) is 5.92 Å². The maximum Gasteiger partial charge on any atom is 0.264 e. The number of amides is 3. The Morgan fingerprint density at radius 3 is 1.92 bits per heavy atom. The van der Waals surface area contributed by atoms with Crippen molar-refractivity contribution in [1.29, 1.82) is 5.26 Å². The standard InChI is InChI=1S/C35H44FN4O9.Tb/c1-44-31-8-4-28(5-9-31)32-24-40(35(43)29(23-37)22-27-2-6-30(36)7-3-27)25-33(32)34(42)39-11-13-46-15-17-48-19-21-49-20-18-47-16-14-45-12-10-38-26-41;/h2-9,22,32-33H,10-21,24-25H2,1H3,(H,38,41)(H,39,42);/q-1;/b29-22+;/t32-,33+;/m0./s1. The zero-order valence-corrected chi connectivity index (χ0v) is 30.2. The third-order valence-electron chi connectivity index (χ3n) is 7.50. The van der Waals surface area contributed by atoms with Gasteiger partial charge >= 0.3 is 0 Å². The van der Waals surface area contributed by atoms with E-state index in [0.29, 0.717) is 77.3 Å². The van der Waals surface area contributed by atoms with Crippen molar-refractivity contribution in [2.24, 2.45) is 5.92 Å². The minimum absolute atomic E-state index is 0. The van der Waals surface area contributed by atoms with Crippen LogP contribution in [0.2, 0.25) is 0 Å². The molecule has 15 heteroatoms. The number of halogens is 1. The fraction of sp³-hybridized carbons (Fsp3) is 0.486. The fourth-order valence-electron chi connectivity index (χ4n) is 5.00. The zero-order chi connectivity index (χ0) is 35.1. The summed E-state index contributed by atoms with van der Waals surface area (Å²) in [7, 11) is 1.57. The van der Waals surface area contributed by atoms with E-state index in [4.69, 9.17) is 28.4 Å². The van der Waals surface area contributed by atoms with Crippen molar-refractivity contribution in [3.8, 4) is 11.8 Å². The van der Waals surface area contributed by atoms with Crippen LogP contribution < -0.4 is 15.4 Å². The fourth-order valence-corrected chi connectivity index (χ4v) is 5.00. The van der Waals surface area contributed by atoms with Gasteiger partial charge in [-0.05, 0) is 41.5 Å². The Morgan fingerprint density at radius 1 is 0.860 bits per heavy atom. The van der Waals surface area contributed by atoms with E-state index in [-0.39, 0.29) is 82.3 Å². The zero-order valence-electron chi connectivity index (χ0n) is 28.0. The Bertz CT molecular complexity index is 1360.